The van der Waals surface area contributed by atoms with Crippen LogP contribution in [-0.2, 0) is 4.79 Å². The van der Waals surface area contributed by atoms with E-state index in [0.717, 1.165) is 22.9 Å². The number of aldehydes is 1. The van der Waals surface area contributed by atoms with Crippen LogP contribution in [0.5, 0.6) is 5.75 Å². The van der Waals surface area contributed by atoms with Gasteiger partial charge in [0.1, 0.15) is 12.0 Å². The van der Waals surface area contributed by atoms with Crippen LogP contribution in [-0.4, -0.2) is 23.1 Å². The number of carbonyl (C=O) groups excluding carboxylic acids is 1. The maximum absolute atomic E-state index is 10.1. The van der Waals surface area contributed by atoms with Crippen LogP contribution in [0.4, 0.5) is 0 Å². The number of hydrogen-bond acceptors (Lipinski definition) is 3. The second kappa shape index (κ2) is 3.91. The molecule has 0 unspecified atom stereocenters. The van der Waals surface area contributed by atoms with Gasteiger partial charge in [0.2, 0.25) is 0 Å². The highest BCUT2D eigenvalue weighted by Crippen LogP contribution is 2.18. The molecule has 0 aliphatic heterocycles. The molecule has 4 nitrogen and oxygen atoms in total. The van der Waals surface area contributed by atoms with Crippen molar-refractivity contribution in [2.24, 2.45) is 0 Å². The number of hydrogen-bond donors (Lipinski definition) is 1. The molecular weight excluding hydrogens is 180 g/mol. The molecule has 14 heavy (non-hydrogen) atoms. The summed E-state index contributed by atoms with van der Waals surface area (Å²) in [5, 5.41) is 7.76. The van der Waals surface area contributed by atoms with Crippen LogP contribution >= 0.6 is 0 Å². The molecule has 1 heterocycles. The smallest absolute Gasteiger partial charge is 0.123 e. The summed E-state index contributed by atoms with van der Waals surface area (Å²) >= 11 is 0. The predicted molar refractivity (Wildman–Crippen MR) is 52.3 cm³/mol. The third kappa shape index (κ3) is 1.74. The molecule has 0 saturated carbocycles. The SMILES string of the molecule is O=CCCOc1ccc2[nH]ncc2c1. The average molecular weight is 190 g/mol. The van der Waals surface area contributed by atoms with Crippen LogP contribution in [0, 0.1) is 0 Å². The van der Waals surface area contributed by atoms with Gasteiger partial charge in [0.25, 0.3) is 0 Å². The standard InChI is InChI=1S/C10H10N2O2/c13-4-1-5-14-9-2-3-10-8(6-9)7-11-12-10/h2-4,6-7H,1,5H2,(H,11,12). The molecule has 1 aromatic carbocycles. The number of fused-ring (bicyclic) bond motifs is 1. The van der Waals surface area contributed by atoms with E-state index < -0.39 is 0 Å². The van der Waals surface area contributed by atoms with Crippen molar-refractivity contribution in [1.29, 1.82) is 0 Å². The summed E-state index contributed by atoms with van der Waals surface area (Å²) in [6, 6.07) is 5.65. The number of aromatic amines is 1. The molecule has 0 aliphatic carbocycles. The summed E-state index contributed by atoms with van der Waals surface area (Å²) in [4.78, 5) is 10.1. The van der Waals surface area contributed by atoms with Gasteiger partial charge in [0.15, 0.2) is 0 Å². The van der Waals surface area contributed by atoms with Crippen LogP contribution in [0.25, 0.3) is 10.9 Å². The first kappa shape index (κ1) is 8.74. The van der Waals surface area contributed by atoms with Gasteiger partial charge in [-0.1, -0.05) is 0 Å². The quantitative estimate of drug-likeness (QED) is 0.587. The number of aromatic nitrogens is 2. The Kier molecular flexibility index (Phi) is 2.44. The Hall–Kier alpha value is -1.84. The fourth-order valence-electron chi connectivity index (χ4n) is 1.24. The lowest BCUT2D eigenvalue weighted by Gasteiger charge is -2.02. The Morgan fingerprint density at radius 1 is 1.50 bits per heavy atom. The predicted octanol–water partition coefficient (Wildman–Crippen LogP) is 1.53. The number of carbonyl (C=O) groups is 1. The molecule has 0 radical (unpaired) electrons. The lowest BCUT2D eigenvalue weighted by molar-refractivity contribution is -0.108. The number of nitrogens with zero attached hydrogens (tertiary/aromatic N) is 1. The molecule has 0 atom stereocenters. The Morgan fingerprint density at radius 2 is 2.43 bits per heavy atom. The monoisotopic (exact) mass is 190 g/mol. The Bertz CT molecular complexity index is 436. The van der Waals surface area contributed by atoms with Gasteiger partial charge >= 0.3 is 0 Å². The number of benzene rings is 1. The minimum atomic E-state index is 0.420. The number of rotatable bonds is 4. The van der Waals surface area contributed by atoms with E-state index in [1.54, 1.807) is 6.20 Å². The molecule has 4 heteroatoms. The molecule has 0 fully saturated rings. The highest BCUT2D eigenvalue weighted by atomic mass is 16.5. The van der Waals surface area contributed by atoms with E-state index in [4.69, 9.17) is 4.74 Å². The summed E-state index contributed by atoms with van der Waals surface area (Å²) in [5.41, 5.74) is 0.979. The molecule has 0 aliphatic rings. The van der Waals surface area contributed by atoms with Crippen LogP contribution < -0.4 is 4.74 Å². The van der Waals surface area contributed by atoms with Gasteiger partial charge in [0.05, 0.1) is 18.3 Å². The summed E-state index contributed by atoms with van der Waals surface area (Å²) in [6.45, 7) is 0.423. The Morgan fingerprint density at radius 3 is 3.29 bits per heavy atom. The number of H-pyrrole nitrogens is 1. The summed E-state index contributed by atoms with van der Waals surface area (Å²) < 4.78 is 5.35. The maximum Gasteiger partial charge on any atom is 0.123 e. The maximum atomic E-state index is 10.1. The molecular formula is C10H10N2O2. The van der Waals surface area contributed by atoms with E-state index in [9.17, 15) is 4.79 Å². The minimum absolute atomic E-state index is 0.420. The zero-order chi connectivity index (χ0) is 9.80. The van der Waals surface area contributed by atoms with Gasteiger partial charge in [-0.2, -0.15) is 5.10 Å². The van der Waals surface area contributed by atoms with Gasteiger partial charge in [-0.3, -0.25) is 5.10 Å². The molecule has 0 saturated heterocycles. The molecule has 0 bridgehead atoms. The van der Waals surface area contributed by atoms with Crippen LogP contribution in [0.15, 0.2) is 24.4 Å². The average Bonchev–Trinajstić information content (AvgIpc) is 2.65. The summed E-state index contributed by atoms with van der Waals surface area (Å²) in [7, 11) is 0. The van der Waals surface area contributed by atoms with Crippen molar-refractivity contribution in [1.82, 2.24) is 10.2 Å². The van der Waals surface area contributed by atoms with Crippen molar-refractivity contribution in [3.8, 4) is 5.75 Å². The summed E-state index contributed by atoms with van der Waals surface area (Å²) in [6.07, 6.45) is 3.00. The van der Waals surface area contributed by atoms with Gasteiger partial charge in [-0.05, 0) is 18.2 Å². The third-order valence-electron chi connectivity index (χ3n) is 1.92. The molecule has 72 valence electrons. The first-order valence-electron chi connectivity index (χ1n) is 4.40. The van der Waals surface area contributed by atoms with E-state index in [1.807, 2.05) is 18.2 Å². The largest absolute Gasteiger partial charge is 0.493 e. The molecule has 2 rings (SSSR count). The fourth-order valence-corrected chi connectivity index (χ4v) is 1.24. The Labute approximate surface area is 80.9 Å². The zero-order valence-corrected chi connectivity index (χ0v) is 7.56. The molecule has 0 amide bonds. The van der Waals surface area contributed by atoms with Crippen molar-refractivity contribution in [3.63, 3.8) is 0 Å². The van der Waals surface area contributed by atoms with Crippen molar-refractivity contribution in [2.75, 3.05) is 6.61 Å². The highest BCUT2D eigenvalue weighted by Gasteiger charge is 1.98. The molecule has 1 aromatic heterocycles. The first-order valence-corrected chi connectivity index (χ1v) is 4.40. The van der Waals surface area contributed by atoms with Crippen molar-refractivity contribution in [3.05, 3.63) is 24.4 Å². The number of nitrogens with one attached hydrogen (secondary N) is 1. The lowest BCUT2D eigenvalue weighted by atomic mass is 10.2. The van der Waals surface area contributed by atoms with Crippen molar-refractivity contribution in [2.45, 2.75) is 6.42 Å². The van der Waals surface area contributed by atoms with Crippen LogP contribution in [0.2, 0.25) is 0 Å². The van der Waals surface area contributed by atoms with E-state index in [2.05, 4.69) is 10.2 Å². The second-order valence-electron chi connectivity index (χ2n) is 2.92. The fraction of sp³-hybridized carbons (Fsp3) is 0.200. The van der Waals surface area contributed by atoms with Crippen LogP contribution in [0.3, 0.4) is 0 Å². The van der Waals surface area contributed by atoms with Crippen molar-refractivity contribution < 1.29 is 9.53 Å². The van der Waals surface area contributed by atoms with Gasteiger partial charge in [-0.25, -0.2) is 0 Å². The van der Waals surface area contributed by atoms with E-state index in [1.165, 1.54) is 0 Å². The number of ether oxygens (including phenoxy) is 1. The molecule has 2 aromatic rings. The summed E-state index contributed by atoms with van der Waals surface area (Å²) in [5.74, 6) is 0.765. The Balaban J connectivity index is 2.13. The normalized spacial score (nSPS) is 10.3. The first-order chi connectivity index (χ1) is 6.90. The van der Waals surface area contributed by atoms with E-state index >= 15 is 0 Å². The van der Waals surface area contributed by atoms with Crippen molar-refractivity contribution >= 4 is 17.2 Å². The topological polar surface area (TPSA) is 55.0 Å². The molecule has 1 N–H and O–H groups in total. The highest BCUT2D eigenvalue weighted by molar-refractivity contribution is 5.79. The molecule has 0 spiro atoms. The van der Waals surface area contributed by atoms with Crippen LogP contribution in [0.1, 0.15) is 6.42 Å². The second-order valence-corrected chi connectivity index (χ2v) is 2.92. The van der Waals surface area contributed by atoms with E-state index in [0.29, 0.717) is 13.0 Å². The third-order valence-corrected chi connectivity index (χ3v) is 1.92. The van der Waals surface area contributed by atoms with E-state index in [-0.39, 0.29) is 0 Å². The minimum Gasteiger partial charge on any atom is -0.493 e. The van der Waals surface area contributed by atoms with Gasteiger partial charge < -0.3 is 9.53 Å². The lowest BCUT2D eigenvalue weighted by Crippen LogP contribution is -1.97. The van der Waals surface area contributed by atoms with Gasteiger partial charge in [-0.15, -0.1) is 0 Å². The zero-order valence-electron chi connectivity index (χ0n) is 7.56. The van der Waals surface area contributed by atoms with Gasteiger partial charge in [0, 0.05) is 11.8 Å².